The summed E-state index contributed by atoms with van der Waals surface area (Å²) in [5.41, 5.74) is 0. The van der Waals surface area contributed by atoms with Gasteiger partial charge in [-0.15, -0.1) is 0 Å². The number of hydrogen-bond donors (Lipinski definition) is 0. The monoisotopic (exact) mass is 187 g/mol. The van der Waals surface area contributed by atoms with E-state index in [-0.39, 0.29) is 0 Å². The van der Waals surface area contributed by atoms with E-state index in [4.69, 9.17) is 0 Å². The van der Waals surface area contributed by atoms with E-state index in [0.717, 1.165) is 6.42 Å². The lowest BCUT2D eigenvalue weighted by atomic mass is 10.1. The number of rotatable bonds is 0. The van der Waals surface area contributed by atoms with Crippen LogP contribution in [0.5, 0.6) is 0 Å². The van der Waals surface area contributed by atoms with Crippen molar-refractivity contribution in [3.05, 3.63) is 55.0 Å². The smallest absolute Gasteiger partial charge is 0.0316 e. The Morgan fingerprint density at radius 3 is 2.07 bits per heavy atom. The van der Waals surface area contributed by atoms with Crippen LogP contribution in [0, 0.1) is 6.42 Å². The Morgan fingerprint density at radius 1 is 0.571 bits per heavy atom. The molecule has 1 rings (SSSR count). The lowest BCUT2D eigenvalue weighted by Gasteiger charge is -1.96. The largest absolute Gasteiger partial charge is 0.0845 e. The molecule has 0 aromatic heterocycles. The van der Waals surface area contributed by atoms with Gasteiger partial charge in [0.25, 0.3) is 0 Å². The van der Waals surface area contributed by atoms with Gasteiger partial charge in [-0.3, -0.25) is 0 Å². The standard InChI is InChI=1S/C14H19/c1-2-4-6-8-10-12-14-13-11-9-7-5-3-1/h1-8,11H,9-10,12-14H2. The van der Waals surface area contributed by atoms with E-state index >= 15 is 0 Å². The van der Waals surface area contributed by atoms with E-state index in [9.17, 15) is 0 Å². The third-order valence-electron chi connectivity index (χ3n) is 2.16. The summed E-state index contributed by atoms with van der Waals surface area (Å²) in [6.07, 6.45) is 25.5. The molecule has 0 N–H and O–H groups in total. The summed E-state index contributed by atoms with van der Waals surface area (Å²) in [6, 6.07) is 0. The van der Waals surface area contributed by atoms with Gasteiger partial charge in [-0.05, 0) is 32.1 Å². The van der Waals surface area contributed by atoms with Crippen molar-refractivity contribution in [2.45, 2.75) is 32.1 Å². The second kappa shape index (κ2) is 8.55. The van der Waals surface area contributed by atoms with Gasteiger partial charge in [0.05, 0.1) is 0 Å². The van der Waals surface area contributed by atoms with Crippen LogP contribution in [0.1, 0.15) is 32.1 Å². The Kier molecular flexibility index (Phi) is 6.74. The molecule has 0 saturated carbocycles. The van der Waals surface area contributed by atoms with Gasteiger partial charge in [-0.25, -0.2) is 0 Å². The van der Waals surface area contributed by atoms with Crippen molar-refractivity contribution in [1.29, 1.82) is 0 Å². The molecule has 0 aromatic rings. The van der Waals surface area contributed by atoms with Crippen LogP contribution >= 0.6 is 0 Å². The van der Waals surface area contributed by atoms with Crippen molar-refractivity contribution < 1.29 is 0 Å². The third-order valence-corrected chi connectivity index (χ3v) is 2.16. The topological polar surface area (TPSA) is 0 Å². The first kappa shape index (κ1) is 11.0. The number of allylic oxidation sites excluding steroid dienone is 8. The van der Waals surface area contributed by atoms with Crippen LogP contribution in [0.4, 0.5) is 0 Å². The zero-order chi connectivity index (χ0) is 9.90. The molecule has 0 fully saturated rings. The quantitative estimate of drug-likeness (QED) is 0.528. The molecular weight excluding hydrogens is 168 g/mol. The summed E-state index contributed by atoms with van der Waals surface area (Å²) in [7, 11) is 0. The van der Waals surface area contributed by atoms with Crippen LogP contribution in [0.2, 0.25) is 0 Å². The molecule has 0 spiro atoms. The molecule has 0 saturated heterocycles. The fourth-order valence-corrected chi connectivity index (χ4v) is 1.35. The summed E-state index contributed by atoms with van der Waals surface area (Å²) in [5.74, 6) is 0. The molecule has 0 aromatic carbocycles. The fraction of sp³-hybridized carbons (Fsp3) is 0.357. The van der Waals surface area contributed by atoms with E-state index < -0.39 is 0 Å². The van der Waals surface area contributed by atoms with Crippen molar-refractivity contribution in [1.82, 2.24) is 0 Å². The zero-order valence-electron chi connectivity index (χ0n) is 8.73. The predicted molar refractivity (Wildman–Crippen MR) is 63.9 cm³/mol. The number of hydrogen-bond acceptors (Lipinski definition) is 0. The van der Waals surface area contributed by atoms with Crippen molar-refractivity contribution in [3.63, 3.8) is 0 Å². The average Bonchev–Trinajstić information content (AvgIpc) is 2.22. The second-order valence-corrected chi connectivity index (χ2v) is 3.43. The van der Waals surface area contributed by atoms with Gasteiger partial charge in [0, 0.05) is 0 Å². The van der Waals surface area contributed by atoms with Crippen LogP contribution in [0.25, 0.3) is 0 Å². The highest BCUT2D eigenvalue weighted by molar-refractivity contribution is 5.15. The first-order valence-electron chi connectivity index (χ1n) is 5.47. The van der Waals surface area contributed by atoms with E-state index in [1.807, 2.05) is 0 Å². The molecular formula is C14H19. The van der Waals surface area contributed by atoms with Gasteiger partial charge >= 0.3 is 0 Å². The summed E-state index contributed by atoms with van der Waals surface area (Å²) in [5, 5.41) is 0. The van der Waals surface area contributed by atoms with Crippen LogP contribution in [-0.4, -0.2) is 0 Å². The molecule has 0 aliphatic heterocycles. The Labute approximate surface area is 87.7 Å². The SMILES string of the molecule is [CH]1CC=CC=CC=CC=CCCCC1. The van der Waals surface area contributed by atoms with Crippen LogP contribution in [-0.2, 0) is 0 Å². The molecule has 0 heterocycles. The molecule has 1 aliphatic rings. The molecule has 0 heteroatoms. The Balaban J connectivity index is 2.36. The maximum absolute atomic E-state index is 2.36. The molecule has 0 unspecified atom stereocenters. The Bertz CT molecular complexity index is 202. The highest BCUT2D eigenvalue weighted by atomic mass is 13.9. The van der Waals surface area contributed by atoms with Gasteiger partial charge in [0.2, 0.25) is 0 Å². The Hall–Kier alpha value is -1.04. The minimum absolute atomic E-state index is 1.10. The van der Waals surface area contributed by atoms with Gasteiger partial charge in [0.15, 0.2) is 0 Å². The molecule has 75 valence electrons. The summed E-state index contributed by atoms with van der Waals surface area (Å²) >= 11 is 0. The highest BCUT2D eigenvalue weighted by Gasteiger charge is 1.87. The normalized spacial score (nSPS) is 19.4. The minimum atomic E-state index is 1.10. The Morgan fingerprint density at radius 2 is 1.21 bits per heavy atom. The molecule has 0 amide bonds. The van der Waals surface area contributed by atoms with Gasteiger partial charge in [-0.1, -0.05) is 55.0 Å². The first-order valence-corrected chi connectivity index (χ1v) is 5.47. The van der Waals surface area contributed by atoms with E-state index in [2.05, 4.69) is 55.0 Å². The lowest BCUT2D eigenvalue weighted by Crippen LogP contribution is -1.77. The maximum atomic E-state index is 2.36. The zero-order valence-corrected chi connectivity index (χ0v) is 8.73. The predicted octanol–water partition coefficient (Wildman–Crippen LogP) is 4.38. The molecule has 0 atom stereocenters. The molecule has 14 heavy (non-hydrogen) atoms. The van der Waals surface area contributed by atoms with Gasteiger partial charge in [0.1, 0.15) is 0 Å². The van der Waals surface area contributed by atoms with E-state index in [0.29, 0.717) is 0 Å². The van der Waals surface area contributed by atoms with Gasteiger partial charge < -0.3 is 0 Å². The summed E-state index contributed by atoms with van der Waals surface area (Å²) in [6.45, 7) is 0. The lowest BCUT2D eigenvalue weighted by molar-refractivity contribution is 0.730. The van der Waals surface area contributed by atoms with E-state index in [1.165, 1.54) is 25.7 Å². The molecule has 1 aliphatic carbocycles. The highest BCUT2D eigenvalue weighted by Crippen LogP contribution is 2.05. The average molecular weight is 187 g/mol. The van der Waals surface area contributed by atoms with Crippen molar-refractivity contribution in [2.24, 2.45) is 0 Å². The second-order valence-electron chi connectivity index (χ2n) is 3.43. The summed E-state index contributed by atoms with van der Waals surface area (Å²) < 4.78 is 0. The molecule has 1 radical (unpaired) electrons. The minimum Gasteiger partial charge on any atom is -0.0845 e. The van der Waals surface area contributed by atoms with E-state index in [1.54, 1.807) is 0 Å². The molecule has 0 nitrogen and oxygen atoms in total. The van der Waals surface area contributed by atoms with Crippen LogP contribution < -0.4 is 0 Å². The van der Waals surface area contributed by atoms with Crippen molar-refractivity contribution in [3.8, 4) is 0 Å². The third kappa shape index (κ3) is 6.47. The van der Waals surface area contributed by atoms with Crippen LogP contribution in [0.3, 0.4) is 0 Å². The van der Waals surface area contributed by atoms with Crippen molar-refractivity contribution >= 4 is 0 Å². The molecule has 0 bridgehead atoms. The maximum Gasteiger partial charge on any atom is -0.0316 e. The summed E-state index contributed by atoms with van der Waals surface area (Å²) in [4.78, 5) is 0. The van der Waals surface area contributed by atoms with Crippen LogP contribution in [0.15, 0.2) is 48.6 Å². The fourth-order valence-electron chi connectivity index (χ4n) is 1.35. The van der Waals surface area contributed by atoms with Crippen molar-refractivity contribution in [2.75, 3.05) is 0 Å². The first-order chi connectivity index (χ1) is 7.00. The van der Waals surface area contributed by atoms with Gasteiger partial charge in [-0.2, -0.15) is 0 Å².